The number of hydrogen-bond donors (Lipinski definition) is 1. The molecule has 2 aliphatic rings. The van der Waals surface area contributed by atoms with Crippen LogP contribution in [0.4, 0.5) is 0 Å². The lowest BCUT2D eigenvalue weighted by Crippen LogP contribution is -2.48. The second kappa shape index (κ2) is 7.58. The number of likely N-dealkylation sites (N-methyl/N-ethyl adjacent to an activating group) is 1. The number of nitriles is 1. The van der Waals surface area contributed by atoms with Gasteiger partial charge in [-0.2, -0.15) is 5.26 Å². The lowest BCUT2D eigenvalue weighted by atomic mass is 9.85. The van der Waals surface area contributed by atoms with E-state index in [1.807, 2.05) is 0 Å². The summed E-state index contributed by atoms with van der Waals surface area (Å²) in [6, 6.07) is 3.24. The molecule has 0 amide bonds. The summed E-state index contributed by atoms with van der Waals surface area (Å²) in [7, 11) is 2.15. The van der Waals surface area contributed by atoms with Gasteiger partial charge in [0.05, 0.1) is 18.8 Å². The van der Waals surface area contributed by atoms with Crippen LogP contribution in [0.25, 0.3) is 0 Å². The van der Waals surface area contributed by atoms with E-state index in [4.69, 9.17) is 4.74 Å². The highest BCUT2D eigenvalue weighted by atomic mass is 16.5. The maximum atomic E-state index is 9.69. The van der Waals surface area contributed by atoms with Crippen molar-refractivity contribution in [1.82, 2.24) is 10.2 Å². The van der Waals surface area contributed by atoms with E-state index in [0.717, 1.165) is 32.5 Å². The highest BCUT2D eigenvalue weighted by molar-refractivity contribution is 5.16. The Balaban J connectivity index is 1.74. The van der Waals surface area contributed by atoms with Gasteiger partial charge in [0.1, 0.15) is 5.54 Å². The normalized spacial score (nSPS) is 29.2. The molecule has 1 N–H and O–H groups in total. The Kier molecular flexibility index (Phi) is 6.04. The zero-order chi connectivity index (χ0) is 15.3. The minimum atomic E-state index is -0.240. The highest BCUT2D eigenvalue weighted by Crippen LogP contribution is 2.40. The Bertz CT molecular complexity index is 362. The average molecular weight is 293 g/mol. The van der Waals surface area contributed by atoms with Crippen molar-refractivity contribution in [2.75, 3.05) is 26.7 Å². The Labute approximate surface area is 129 Å². The Morgan fingerprint density at radius 3 is 2.71 bits per heavy atom. The lowest BCUT2D eigenvalue weighted by Gasteiger charge is -2.31. The molecule has 4 heteroatoms. The number of hydrogen-bond acceptors (Lipinski definition) is 4. The maximum Gasteiger partial charge on any atom is 0.109 e. The fraction of sp³-hybridized carbons (Fsp3) is 0.941. The van der Waals surface area contributed by atoms with Gasteiger partial charge in [-0.25, -0.2) is 0 Å². The first kappa shape index (κ1) is 16.7. The molecule has 0 saturated heterocycles. The molecule has 0 aliphatic heterocycles. The van der Waals surface area contributed by atoms with Gasteiger partial charge in [0.15, 0.2) is 0 Å². The van der Waals surface area contributed by atoms with Crippen molar-refractivity contribution >= 4 is 0 Å². The summed E-state index contributed by atoms with van der Waals surface area (Å²) in [5, 5.41) is 13.3. The van der Waals surface area contributed by atoms with Crippen molar-refractivity contribution in [2.45, 2.75) is 70.1 Å². The molecule has 0 bridgehead atoms. The summed E-state index contributed by atoms with van der Waals surface area (Å²) in [5.41, 5.74) is -0.240. The Morgan fingerprint density at radius 1 is 1.33 bits per heavy atom. The molecular weight excluding hydrogens is 262 g/mol. The smallest absolute Gasteiger partial charge is 0.109 e. The standard InChI is InChI=1S/C17H31N3O/c1-14(2)21-12-11-20(3)10-8-15-5-4-9-17(15,13-18)19-16-6-7-16/h14-16,19H,4-12H2,1-3H3. The molecule has 2 saturated carbocycles. The Hall–Kier alpha value is -0.630. The van der Waals surface area contributed by atoms with Gasteiger partial charge < -0.3 is 9.64 Å². The first-order valence-corrected chi connectivity index (χ1v) is 8.55. The SMILES string of the molecule is CC(C)OCCN(C)CCC1CCCC1(C#N)NC1CC1. The maximum absolute atomic E-state index is 9.69. The summed E-state index contributed by atoms with van der Waals surface area (Å²) in [5.74, 6) is 0.511. The van der Waals surface area contributed by atoms with Crippen LogP contribution in [0, 0.1) is 17.2 Å². The third-order valence-electron chi connectivity index (χ3n) is 4.84. The van der Waals surface area contributed by atoms with Crippen molar-refractivity contribution in [1.29, 1.82) is 5.26 Å². The van der Waals surface area contributed by atoms with E-state index in [-0.39, 0.29) is 5.54 Å². The van der Waals surface area contributed by atoms with E-state index in [0.29, 0.717) is 18.1 Å². The van der Waals surface area contributed by atoms with Crippen molar-refractivity contribution in [3.63, 3.8) is 0 Å². The van der Waals surface area contributed by atoms with Gasteiger partial charge in [-0.1, -0.05) is 6.42 Å². The zero-order valence-corrected chi connectivity index (χ0v) is 13.9. The van der Waals surface area contributed by atoms with Crippen LogP contribution >= 0.6 is 0 Å². The molecule has 0 heterocycles. The molecule has 2 fully saturated rings. The second-order valence-electron chi connectivity index (χ2n) is 7.10. The predicted molar refractivity (Wildman–Crippen MR) is 85.0 cm³/mol. The predicted octanol–water partition coefficient (Wildman–Crippen LogP) is 2.55. The van der Waals surface area contributed by atoms with Gasteiger partial charge in [0.2, 0.25) is 0 Å². The number of rotatable bonds is 9. The molecule has 2 aliphatic carbocycles. The van der Waals surface area contributed by atoms with Crippen LogP contribution in [0.3, 0.4) is 0 Å². The molecule has 0 aromatic carbocycles. The van der Waals surface area contributed by atoms with Crippen LogP contribution in [0.5, 0.6) is 0 Å². The van der Waals surface area contributed by atoms with Crippen molar-refractivity contribution < 1.29 is 4.74 Å². The van der Waals surface area contributed by atoms with Gasteiger partial charge >= 0.3 is 0 Å². The van der Waals surface area contributed by atoms with E-state index in [1.54, 1.807) is 0 Å². The third kappa shape index (κ3) is 4.95. The van der Waals surface area contributed by atoms with Crippen LogP contribution in [0.15, 0.2) is 0 Å². The number of nitrogens with zero attached hydrogens (tertiary/aromatic N) is 2. The van der Waals surface area contributed by atoms with E-state index < -0.39 is 0 Å². The summed E-state index contributed by atoms with van der Waals surface area (Å²) in [4.78, 5) is 2.33. The van der Waals surface area contributed by atoms with Crippen LogP contribution in [-0.4, -0.2) is 49.3 Å². The molecule has 21 heavy (non-hydrogen) atoms. The molecule has 120 valence electrons. The molecule has 2 rings (SSSR count). The van der Waals surface area contributed by atoms with Gasteiger partial charge in [-0.3, -0.25) is 5.32 Å². The zero-order valence-electron chi connectivity index (χ0n) is 13.9. The largest absolute Gasteiger partial charge is 0.377 e. The van der Waals surface area contributed by atoms with E-state index in [1.165, 1.54) is 25.7 Å². The van der Waals surface area contributed by atoms with Gasteiger partial charge in [-0.15, -0.1) is 0 Å². The molecule has 0 radical (unpaired) electrons. The molecule has 0 aromatic heterocycles. The first-order valence-electron chi connectivity index (χ1n) is 8.55. The van der Waals surface area contributed by atoms with Crippen molar-refractivity contribution in [2.24, 2.45) is 5.92 Å². The summed E-state index contributed by atoms with van der Waals surface area (Å²) in [6.45, 7) is 6.97. The first-order chi connectivity index (χ1) is 10.1. The van der Waals surface area contributed by atoms with E-state index in [2.05, 4.69) is 37.2 Å². The van der Waals surface area contributed by atoms with E-state index >= 15 is 0 Å². The molecule has 2 unspecified atom stereocenters. The van der Waals surface area contributed by atoms with Crippen LogP contribution < -0.4 is 5.32 Å². The van der Waals surface area contributed by atoms with Crippen molar-refractivity contribution in [3.05, 3.63) is 0 Å². The quantitative estimate of drug-likeness (QED) is 0.710. The third-order valence-corrected chi connectivity index (χ3v) is 4.84. The molecule has 0 aromatic rings. The highest BCUT2D eigenvalue weighted by Gasteiger charge is 2.45. The monoisotopic (exact) mass is 293 g/mol. The topological polar surface area (TPSA) is 48.3 Å². The van der Waals surface area contributed by atoms with Gasteiger partial charge in [-0.05, 0) is 65.5 Å². The fourth-order valence-corrected chi connectivity index (χ4v) is 3.36. The summed E-state index contributed by atoms with van der Waals surface area (Å²) < 4.78 is 5.60. The summed E-state index contributed by atoms with van der Waals surface area (Å²) >= 11 is 0. The minimum absolute atomic E-state index is 0.240. The fourth-order valence-electron chi connectivity index (χ4n) is 3.36. The molecule has 4 nitrogen and oxygen atoms in total. The number of ether oxygens (including phenoxy) is 1. The van der Waals surface area contributed by atoms with E-state index in [9.17, 15) is 5.26 Å². The molecule has 2 atom stereocenters. The van der Waals surface area contributed by atoms with Gasteiger partial charge in [0.25, 0.3) is 0 Å². The summed E-state index contributed by atoms with van der Waals surface area (Å²) in [6.07, 6.45) is 7.35. The van der Waals surface area contributed by atoms with Crippen LogP contribution in [0.2, 0.25) is 0 Å². The minimum Gasteiger partial charge on any atom is -0.377 e. The molecular formula is C17H31N3O. The van der Waals surface area contributed by atoms with Crippen molar-refractivity contribution in [3.8, 4) is 6.07 Å². The Morgan fingerprint density at radius 2 is 2.10 bits per heavy atom. The molecule has 0 spiro atoms. The number of nitrogens with one attached hydrogen (secondary N) is 1. The van der Waals surface area contributed by atoms with Crippen LogP contribution in [0.1, 0.15) is 52.4 Å². The van der Waals surface area contributed by atoms with Crippen LogP contribution in [-0.2, 0) is 4.74 Å². The second-order valence-corrected chi connectivity index (χ2v) is 7.10. The van der Waals surface area contributed by atoms with Gasteiger partial charge in [0, 0.05) is 12.6 Å². The lowest BCUT2D eigenvalue weighted by molar-refractivity contribution is 0.0625. The average Bonchev–Trinajstić information content (AvgIpc) is 3.15.